The number of nitrogens with zero attached hydrogens (tertiary/aromatic N) is 2. The zero-order valence-electron chi connectivity index (χ0n) is 18.9. The SMILES string of the molecule is COc1ccc(CCNC(=O)c2cc(CN(C(=O)C(C)(C)C)C3CCCC3)on2)cc1. The summed E-state index contributed by atoms with van der Waals surface area (Å²) in [5.74, 6) is 1.16. The van der Waals surface area contributed by atoms with Gasteiger partial charge in [-0.1, -0.05) is 50.9 Å². The number of methoxy groups -OCH3 is 1. The Morgan fingerprint density at radius 1 is 1.19 bits per heavy atom. The molecule has 7 nitrogen and oxygen atoms in total. The molecular weight excluding hydrogens is 394 g/mol. The Kier molecular flexibility index (Phi) is 7.36. The Morgan fingerprint density at radius 3 is 2.48 bits per heavy atom. The van der Waals surface area contributed by atoms with E-state index < -0.39 is 5.41 Å². The van der Waals surface area contributed by atoms with Gasteiger partial charge in [-0.15, -0.1) is 0 Å². The molecule has 0 atom stereocenters. The number of hydrogen-bond donors (Lipinski definition) is 1. The summed E-state index contributed by atoms with van der Waals surface area (Å²) in [5, 5.41) is 6.80. The van der Waals surface area contributed by atoms with Gasteiger partial charge >= 0.3 is 0 Å². The van der Waals surface area contributed by atoms with E-state index in [1.807, 2.05) is 49.9 Å². The molecule has 1 N–H and O–H groups in total. The molecule has 1 aromatic heterocycles. The van der Waals surface area contributed by atoms with Crippen molar-refractivity contribution in [2.75, 3.05) is 13.7 Å². The molecule has 0 spiro atoms. The van der Waals surface area contributed by atoms with Gasteiger partial charge in [0.1, 0.15) is 5.75 Å². The van der Waals surface area contributed by atoms with Crippen molar-refractivity contribution >= 4 is 11.8 Å². The largest absolute Gasteiger partial charge is 0.497 e. The van der Waals surface area contributed by atoms with Crippen LogP contribution >= 0.6 is 0 Å². The van der Waals surface area contributed by atoms with Crippen LogP contribution in [0.1, 0.15) is 68.3 Å². The van der Waals surface area contributed by atoms with E-state index >= 15 is 0 Å². The first-order valence-corrected chi connectivity index (χ1v) is 11.0. The number of amides is 2. The highest BCUT2D eigenvalue weighted by molar-refractivity contribution is 5.92. The highest BCUT2D eigenvalue weighted by Gasteiger charge is 2.34. The fraction of sp³-hybridized carbons (Fsp3) is 0.542. The Balaban J connectivity index is 1.57. The van der Waals surface area contributed by atoms with Crippen molar-refractivity contribution in [1.29, 1.82) is 0 Å². The van der Waals surface area contributed by atoms with Crippen LogP contribution < -0.4 is 10.1 Å². The zero-order valence-corrected chi connectivity index (χ0v) is 18.9. The van der Waals surface area contributed by atoms with Crippen LogP contribution in [-0.2, 0) is 17.8 Å². The van der Waals surface area contributed by atoms with Gasteiger partial charge in [-0.25, -0.2) is 0 Å². The van der Waals surface area contributed by atoms with Crippen LogP contribution in [0.5, 0.6) is 5.75 Å². The standard InChI is InChI=1S/C24H33N3O4/c1-24(2,3)23(29)27(18-7-5-6-8-18)16-20-15-21(26-31-20)22(28)25-14-13-17-9-11-19(30-4)12-10-17/h9-12,15,18H,5-8,13-14,16H2,1-4H3,(H,25,28). The van der Waals surface area contributed by atoms with Crippen molar-refractivity contribution < 1.29 is 18.8 Å². The Hall–Kier alpha value is -2.83. The van der Waals surface area contributed by atoms with Gasteiger partial charge in [0, 0.05) is 24.1 Å². The third-order valence-corrected chi connectivity index (χ3v) is 5.64. The maximum atomic E-state index is 13.0. The number of benzene rings is 1. The van der Waals surface area contributed by atoms with Crippen molar-refractivity contribution in [3.8, 4) is 5.75 Å². The Morgan fingerprint density at radius 2 is 1.87 bits per heavy atom. The molecule has 2 aromatic rings. The van der Waals surface area contributed by atoms with Crippen molar-refractivity contribution in [3.05, 3.63) is 47.3 Å². The lowest BCUT2D eigenvalue weighted by Crippen LogP contribution is -2.44. The lowest BCUT2D eigenvalue weighted by Gasteiger charge is -2.33. The van der Waals surface area contributed by atoms with Crippen molar-refractivity contribution in [2.45, 2.75) is 65.5 Å². The molecule has 3 rings (SSSR count). The Labute approximate surface area is 184 Å². The molecule has 0 radical (unpaired) electrons. The van der Waals surface area contributed by atoms with Gasteiger partial charge in [0.2, 0.25) is 5.91 Å². The van der Waals surface area contributed by atoms with Crippen LogP contribution in [0.2, 0.25) is 0 Å². The van der Waals surface area contributed by atoms with Crippen LogP contribution in [0.3, 0.4) is 0 Å². The Bertz CT molecular complexity index is 877. The summed E-state index contributed by atoms with van der Waals surface area (Å²) in [6.45, 7) is 6.62. The average Bonchev–Trinajstić information content (AvgIpc) is 3.43. The summed E-state index contributed by atoms with van der Waals surface area (Å²) in [6, 6.07) is 9.61. The number of ether oxygens (including phenoxy) is 1. The summed E-state index contributed by atoms with van der Waals surface area (Å²) in [5.41, 5.74) is 0.874. The molecule has 0 aliphatic heterocycles. The number of carbonyl (C=O) groups excluding carboxylic acids is 2. The quantitative estimate of drug-likeness (QED) is 0.689. The van der Waals surface area contributed by atoms with E-state index in [2.05, 4.69) is 10.5 Å². The van der Waals surface area contributed by atoms with E-state index in [-0.39, 0.29) is 23.6 Å². The maximum absolute atomic E-state index is 13.0. The first-order valence-electron chi connectivity index (χ1n) is 11.0. The molecular formula is C24H33N3O4. The topological polar surface area (TPSA) is 84.7 Å². The van der Waals surface area contributed by atoms with E-state index in [0.717, 1.165) is 37.0 Å². The second-order valence-corrected chi connectivity index (χ2v) is 9.15. The smallest absolute Gasteiger partial charge is 0.273 e. The molecule has 7 heteroatoms. The fourth-order valence-corrected chi connectivity index (χ4v) is 3.88. The molecule has 1 heterocycles. The van der Waals surface area contributed by atoms with Gasteiger partial charge in [-0.3, -0.25) is 9.59 Å². The lowest BCUT2D eigenvalue weighted by atomic mass is 9.93. The molecule has 0 bridgehead atoms. The highest BCUT2D eigenvalue weighted by Crippen LogP contribution is 2.29. The van der Waals surface area contributed by atoms with Crippen LogP contribution in [0.15, 0.2) is 34.9 Å². The van der Waals surface area contributed by atoms with Gasteiger partial charge in [0.25, 0.3) is 5.91 Å². The van der Waals surface area contributed by atoms with E-state index in [1.165, 1.54) is 0 Å². The molecule has 1 aliphatic rings. The van der Waals surface area contributed by atoms with Gasteiger partial charge in [0.05, 0.1) is 13.7 Å². The lowest BCUT2D eigenvalue weighted by molar-refractivity contribution is -0.143. The average molecular weight is 428 g/mol. The maximum Gasteiger partial charge on any atom is 0.273 e. The summed E-state index contributed by atoms with van der Waals surface area (Å²) >= 11 is 0. The third kappa shape index (κ3) is 6.09. The summed E-state index contributed by atoms with van der Waals surface area (Å²) in [6.07, 6.45) is 4.99. The second kappa shape index (κ2) is 9.98. The van der Waals surface area contributed by atoms with Gasteiger partial charge in [-0.05, 0) is 37.0 Å². The molecule has 1 aliphatic carbocycles. The summed E-state index contributed by atoms with van der Waals surface area (Å²) < 4.78 is 10.6. The van der Waals surface area contributed by atoms with Crippen molar-refractivity contribution in [2.24, 2.45) is 5.41 Å². The number of carbonyl (C=O) groups is 2. The molecule has 1 saturated carbocycles. The van der Waals surface area contributed by atoms with Crippen molar-refractivity contribution in [1.82, 2.24) is 15.4 Å². The summed E-state index contributed by atoms with van der Waals surface area (Å²) in [7, 11) is 1.63. The molecule has 168 valence electrons. The minimum Gasteiger partial charge on any atom is -0.497 e. The van der Waals surface area contributed by atoms with Crippen LogP contribution in [-0.4, -0.2) is 41.6 Å². The molecule has 0 saturated heterocycles. The summed E-state index contributed by atoms with van der Waals surface area (Å²) in [4.78, 5) is 27.3. The van der Waals surface area contributed by atoms with E-state index in [1.54, 1.807) is 13.2 Å². The minimum atomic E-state index is -0.468. The first kappa shape index (κ1) is 22.8. The predicted molar refractivity (Wildman–Crippen MR) is 118 cm³/mol. The number of nitrogens with one attached hydrogen (secondary N) is 1. The first-order chi connectivity index (χ1) is 14.8. The van der Waals surface area contributed by atoms with Crippen LogP contribution in [0.4, 0.5) is 0 Å². The number of rotatable bonds is 8. The highest BCUT2D eigenvalue weighted by atomic mass is 16.5. The molecule has 0 unspecified atom stereocenters. The monoisotopic (exact) mass is 427 g/mol. The molecule has 31 heavy (non-hydrogen) atoms. The number of aromatic nitrogens is 1. The fourth-order valence-electron chi connectivity index (χ4n) is 3.88. The third-order valence-electron chi connectivity index (χ3n) is 5.64. The van der Waals surface area contributed by atoms with Gasteiger partial charge in [0.15, 0.2) is 11.5 Å². The van der Waals surface area contributed by atoms with E-state index in [4.69, 9.17) is 9.26 Å². The molecule has 2 amide bonds. The number of hydrogen-bond acceptors (Lipinski definition) is 5. The zero-order chi connectivity index (χ0) is 22.4. The van der Waals surface area contributed by atoms with E-state index in [9.17, 15) is 9.59 Å². The van der Waals surface area contributed by atoms with Gasteiger partial charge in [-0.2, -0.15) is 0 Å². The van der Waals surface area contributed by atoms with Crippen LogP contribution in [0.25, 0.3) is 0 Å². The molecule has 1 fully saturated rings. The minimum absolute atomic E-state index is 0.0984. The van der Waals surface area contributed by atoms with E-state index in [0.29, 0.717) is 25.3 Å². The predicted octanol–water partition coefficient (Wildman–Crippen LogP) is 3.97. The van der Waals surface area contributed by atoms with Crippen LogP contribution in [0, 0.1) is 5.41 Å². The van der Waals surface area contributed by atoms with Gasteiger partial charge < -0.3 is 19.5 Å². The normalized spacial score (nSPS) is 14.5. The second-order valence-electron chi connectivity index (χ2n) is 9.15. The van der Waals surface area contributed by atoms with Crippen molar-refractivity contribution in [3.63, 3.8) is 0 Å². The molecule has 1 aromatic carbocycles.